The van der Waals surface area contributed by atoms with E-state index in [0.717, 1.165) is 5.56 Å². The van der Waals surface area contributed by atoms with Crippen molar-refractivity contribution in [2.75, 3.05) is 0 Å². The fraction of sp³-hybridized carbons (Fsp3) is 0.333. The van der Waals surface area contributed by atoms with E-state index >= 15 is 0 Å². The van der Waals surface area contributed by atoms with Gasteiger partial charge in [-0.05, 0) is 45.7 Å². The summed E-state index contributed by atoms with van der Waals surface area (Å²) in [7, 11) is -3.30. The van der Waals surface area contributed by atoms with Crippen molar-refractivity contribution in [1.29, 1.82) is 0 Å². The summed E-state index contributed by atoms with van der Waals surface area (Å²) in [6.07, 6.45) is 0.879. The van der Waals surface area contributed by atoms with E-state index in [1.54, 1.807) is 58.2 Å². The van der Waals surface area contributed by atoms with Gasteiger partial charge < -0.3 is 5.11 Å². The van der Waals surface area contributed by atoms with Gasteiger partial charge >= 0.3 is 0 Å². The van der Waals surface area contributed by atoms with Crippen LogP contribution in [0.1, 0.15) is 35.0 Å². The number of aliphatic hydroxyl groups is 1. The molecule has 2 aromatic rings. The maximum Gasteiger partial charge on any atom is 0.180 e. The van der Waals surface area contributed by atoms with Crippen molar-refractivity contribution in [3.8, 4) is 23.1 Å². The fourth-order valence-electron chi connectivity index (χ4n) is 1.97. The molecule has 1 aromatic carbocycles. The molecule has 0 amide bonds. The molecule has 1 N–H and O–H groups in total. The summed E-state index contributed by atoms with van der Waals surface area (Å²) in [5.41, 5.74) is 2.52. The second-order valence-corrected chi connectivity index (χ2v) is 8.26. The minimum Gasteiger partial charge on any atom is -0.381 e. The van der Waals surface area contributed by atoms with Crippen LogP contribution in [-0.4, -0.2) is 34.8 Å². The third-order valence-corrected chi connectivity index (χ3v) is 5.62. The van der Waals surface area contributed by atoms with Gasteiger partial charge in [0.05, 0.1) is 27.7 Å². The summed E-state index contributed by atoms with van der Waals surface area (Å²) in [4.78, 5) is 9.00. The number of rotatable bonds is 3. The molecule has 0 fully saturated rings. The number of benzene rings is 1. The van der Waals surface area contributed by atoms with Gasteiger partial charge in [0, 0.05) is 8.42 Å². The lowest BCUT2D eigenvalue weighted by molar-refractivity contribution is 0.253. The van der Waals surface area contributed by atoms with Crippen molar-refractivity contribution in [3.05, 3.63) is 41.9 Å². The molecule has 1 atom stereocenters. The number of hydrogen-bond donors (Lipinski definition) is 1. The van der Waals surface area contributed by atoms with Gasteiger partial charge in [0.1, 0.15) is 11.8 Å². The maximum atomic E-state index is 12.2. The Hall–Kier alpha value is -2.23. The SMILES string of the molecule is Cc1ncc(-c2ccc(S(=O)(=O)C(C)C)cc2)nc1C#C[C@H](C)O.[HH].[HH]. The molecular formula is C18H24N2O3S. The molecule has 0 unspecified atom stereocenters. The summed E-state index contributed by atoms with van der Waals surface area (Å²) in [6.45, 7) is 6.68. The van der Waals surface area contributed by atoms with Crippen molar-refractivity contribution in [2.24, 2.45) is 0 Å². The first kappa shape index (κ1) is 18.1. The molecule has 0 aliphatic heterocycles. The lowest BCUT2D eigenvalue weighted by Crippen LogP contribution is -2.13. The zero-order chi connectivity index (χ0) is 17.9. The molecule has 1 heterocycles. The minimum atomic E-state index is -3.30. The summed E-state index contributed by atoms with van der Waals surface area (Å²) >= 11 is 0. The third kappa shape index (κ3) is 3.99. The predicted octanol–water partition coefficient (Wildman–Crippen LogP) is 2.86. The average Bonchev–Trinajstić information content (AvgIpc) is 2.54. The predicted molar refractivity (Wildman–Crippen MR) is 97.3 cm³/mol. The lowest BCUT2D eigenvalue weighted by atomic mass is 10.1. The molecule has 0 aliphatic carbocycles. The average molecular weight is 348 g/mol. The molecule has 2 rings (SSSR count). The molecule has 0 aliphatic rings. The minimum absolute atomic E-state index is 0. The van der Waals surface area contributed by atoms with Crippen molar-refractivity contribution < 1.29 is 16.4 Å². The molecule has 0 saturated heterocycles. The van der Waals surface area contributed by atoms with Gasteiger partial charge in [-0.15, -0.1) is 0 Å². The van der Waals surface area contributed by atoms with E-state index < -0.39 is 21.2 Å². The van der Waals surface area contributed by atoms with Crippen molar-refractivity contribution in [1.82, 2.24) is 9.97 Å². The Labute approximate surface area is 145 Å². The van der Waals surface area contributed by atoms with Gasteiger partial charge in [-0.25, -0.2) is 13.4 Å². The van der Waals surface area contributed by atoms with Gasteiger partial charge in [0.2, 0.25) is 0 Å². The van der Waals surface area contributed by atoms with Gasteiger partial charge in [-0.1, -0.05) is 18.1 Å². The molecule has 130 valence electrons. The molecule has 0 radical (unpaired) electrons. The standard InChI is InChI=1S/C18H20N2O3S.2H2/c1-12(2)24(22,23)16-8-6-15(7-9-16)18-11-19-14(4)17(20-18)10-5-13(3)21;;/h6-9,11-13,21H,1-4H3;2*1H/t13-;;/m0../s1. The van der Waals surface area contributed by atoms with Crippen LogP contribution in [0.3, 0.4) is 0 Å². The zero-order valence-corrected chi connectivity index (χ0v) is 14.9. The van der Waals surface area contributed by atoms with Crippen LogP contribution in [0.5, 0.6) is 0 Å². The van der Waals surface area contributed by atoms with Crippen LogP contribution in [0.2, 0.25) is 0 Å². The summed E-state index contributed by atoms with van der Waals surface area (Å²) in [6, 6.07) is 6.57. The normalized spacial score (nSPS) is 12.6. The van der Waals surface area contributed by atoms with Crippen LogP contribution < -0.4 is 0 Å². The Kier molecular flexibility index (Phi) is 5.37. The molecule has 1 aromatic heterocycles. The molecule has 6 heteroatoms. The molecular weight excluding hydrogens is 324 g/mol. The highest BCUT2D eigenvalue weighted by molar-refractivity contribution is 7.92. The molecule has 0 bridgehead atoms. The van der Waals surface area contributed by atoms with E-state index in [1.165, 1.54) is 0 Å². The van der Waals surface area contributed by atoms with Gasteiger partial charge in [0.25, 0.3) is 0 Å². The highest BCUT2D eigenvalue weighted by Gasteiger charge is 2.18. The van der Waals surface area contributed by atoms with Gasteiger partial charge in [0.15, 0.2) is 9.84 Å². The maximum absolute atomic E-state index is 12.2. The first-order valence-electron chi connectivity index (χ1n) is 7.59. The molecule has 0 saturated carbocycles. The van der Waals surface area contributed by atoms with E-state index in [-0.39, 0.29) is 7.75 Å². The highest BCUT2D eigenvalue weighted by Crippen LogP contribution is 2.22. The number of aliphatic hydroxyl groups excluding tert-OH is 1. The lowest BCUT2D eigenvalue weighted by Gasteiger charge is -2.09. The summed E-state index contributed by atoms with van der Waals surface area (Å²) in [5.74, 6) is 5.45. The second kappa shape index (κ2) is 7.12. The zero-order valence-electron chi connectivity index (χ0n) is 14.1. The van der Waals surface area contributed by atoms with Crippen molar-refractivity contribution in [3.63, 3.8) is 0 Å². The Morgan fingerprint density at radius 1 is 1.17 bits per heavy atom. The quantitative estimate of drug-likeness (QED) is 0.863. The number of aromatic nitrogens is 2. The van der Waals surface area contributed by atoms with E-state index in [1.807, 2.05) is 0 Å². The third-order valence-electron chi connectivity index (χ3n) is 3.45. The smallest absolute Gasteiger partial charge is 0.180 e. The fourth-order valence-corrected chi connectivity index (χ4v) is 3.03. The van der Waals surface area contributed by atoms with Crippen LogP contribution in [0.25, 0.3) is 11.3 Å². The first-order valence-corrected chi connectivity index (χ1v) is 9.14. The Morgan fingerprint density at radius 2 is 1.79 bits per heavy atom. The van der Waals surface area contributed by atoms with Crippen LogP contribution >= 0.6 is 0 Å². The number of hydrogen-bond acceptors (Lipinski definition) is 5. The van der Waals surface area contributed by atoms with Crippen molar-refractivity contribution in [2.45, 2.75) is 43.9 Å². The molecule has 5 nitrogen and oxygen atoms in total. The van der Waals surface area contributed by atoms with E-state index in [0.29, 0.717) is 17.1 Å². The Bertz CT molecular complexity index is 900. The van der Waals surface area contributed by atoms with Crippen LogP contribution in [-0.2, 0) is 9.84 Å². The molecule has 24 heavy (non-hydrogen) atoms. The second-order valence-electron chi connectivity index (χ2n) is 5.75. The van der Waals surface area contributed by atoms with E-state index in [9.17, 15) is 13.5 Å². The summed E-state index contributed by atoms with van der Waals surface area (Å²) < 4.78 is 24.3. The van der Waals surface area contributed by atoms with Crippen LogP contribution in [0.15, 0.2) is 35.4 Å². The number of nitrogens with zero attached hydrogens (tertiary/aromatic N) is 2. The van der Waals surface area contributed by atoms with Crippen LogP contribution in [0.4, 0.5) is 0 Å². The van der Waals surface area contributed by atoms with E-state index in [4.69, 9.17) is 0 Å². The topological polar surface area (TPSA) is 80.2 Å². The van der Waals surface area contributed by atoms with Gasteiger partial charge in [-0.3, -0.25) is 4.98 Å². The number of sulfone groups is 1. The highest BCUT2D eigenvalue weighted by atomic mass is 32.2. The summed E-state index contributed by atoms with van der Waals surface area (Å²) in [5, 5.41) is 8.80. The van der Waals surface area contributed by atoms with E-state index in [2.05, 4.69) is 21.8 Å². The monoisotopic (exact) mass is 348 g/mol. The molecule has 0 spiro atoms. The first-order chi connectivity index (χ1) is 11.2. The largest absolute Gasteiger partial charge is 0.381 e. The Morgan fingerprint density at radius 3 is 2.33 bits per heavy atom. The van der Waals surface area contributed by atoms with Crippen molar-refractivity contribution >= 4 is 9.84 Å². The Balaban J connectivity index is 0.00000312. The van der Waals surface area contributed by atoms with Gasteiger partial charge in [-0.2, -0.15) is 0 Å². The number of aryl methyl sites for hydroxylation is 1. The van der Waals surface area contributed by atoms with Crippen LogP contribution in [0, 0.1) is 18.8 Å².